The van der Waals surface area contributed by atoms with Gasteiger partial charge < -0.3 is 19.3 Å². The van der Waals surface area contributed by atoms with E-state index in [1.165, 1.54) is 6.92 Å². The number of nitrogens with zero attached hydrogens (tertiary/aromatic N) is 2. The van der Waals surface area contributed by atoms with Gasteiger partial charge in [0, 0.05) is 24.9 Å². The van der Waals surface area contributed by atoms with E-state index in [1.807, 2.05) is 62.6 Å². The average molecular weight is 443 g/mol. The summed E-state index contributed by atoms with van der Waals surface area (Å²) in [6.07, 6.45) is -0.921. The van der Waals surface area contributed by atoms with Gasteiger partial charge in [-0.3, -0.25) is 9.59 Å². The fourth-order valence-corrected chi connectivity index (χ4v) is 5.21. The Morgan fingerprint density at radius 3 is 2.45 bits per heavy atom. The third kappa shape index (κ3) is 5.60. The van der Waals surface area contributed by atoms with E-state index in [0.717, 1.165) is 28.4 Å². The van der Waals surface area contributed by atoms with Gasteiger partial charge in [-0.05, 0) is 49.8 Å². The predicted octanol–water partition coefficient (Wildman–Crippen LogP) is 4.00. The Balaban J connectivity index is 2.04. The maximum Gasteiger partial charge on any atom is 0.303 e. The number of para-hydroxylation sites is 1. The summed E-state index contributed by atoms with van der Waals surface area (Å²) in [6.45, 7) is 4.86. The zero-order valence-electron chi connectivity index (χ0n) is 18.7. The van der Waals surface area contributed by atoms with E-state index in [2.05, 4.69) is 11.8 Å². The number of thioether (sulfide) groups is 1. The van der Waals surface area contributed by atoms with Crippen LogP contribution < -0.4 is 9.64 Å². The van der Waals surface area contributed by atoms with Crippen molar-refractivity contribution in [2.45, 2.75) is 30.1 Å². The highest BCUT2D eigenvalue weighted by Crippen LogP contribution is 2.47. The minimum absolute atomic E-state index is 0.195. The van der Waals surface area contributed by atoms with Gasteiger partial charge in [0.25, 0.3) is 5.91 Å². The molecule has 7 heteroatoms. The Labute approximate surface area is 188 Å². The Hall–Kier alpha value is -2.51. The lowest BCUT2D eigenvalue weighted by atomic mass is 10.0. The fraction of sp³-hybridized carbons (Fsp3) is 0.417. The van der Waals surface area contributed by atoms with Gasteiger partial charge in [0.1, 0.15) is 5.75 Å². The van der Waals surface area contributed by atoms with Crippen LogP contribution in [0.1, 0.15) is 24.7 Å². The third-order valence-corrected chi connectivity index (χ3v) is 6.48. The van der Waals surface area contributed by atoms with Crippen molar-refractivity contribution in [2.24, 2.45) is 5.92 Å². The highest BCUT2D eigenvalue weighted by molar-refractivity contribution is 7.99. The summed E-state index contributed by atoms with van der Waals surface area (Å²) < 4.78 is 10.9. The number of hydrogen-bond donors (Lipinski definition) is 0. The first-order chi connectivity index (χ1) is 14.8. The monoisotopic (exact) mass is 442 g/mol. The summed E-state index contributed by atoms with van der Waals surface area (Å²) in [5.41, 5.74) is 1.76. The Bertz CT molecular complexity index is 916. The molecule has 1 aliphatic heterocycles. The molecular formula is C24H30N2O4S. The normalized spacial score (nSPS) is 19.5. The van der Waals surface area contributed by atoms with Crippen molar-refractivity contribution in [3.05, 3.63) is 54.1 Å². The van der Waals surface area contributed by atoms with Crippen LogP contribution in [0.2, 0.25) is 0 Å². The molecule has 0 saturated carbocycles. The van der Waals surface area contributed by atoms with E-state index in [-0.39, 0.29) is 17.1 Å². The second-order valence-electron chi connectivity index (χ2n) is 8.13. The second-order valence-corrected chi connectivity index (χ2v) is 9.31. The van der Waals surface area contributed by atoms with Gasteiger partial charge in [-0.2, -0.15) is 0 Å². The van der Waals surface area contributed by atoms with Crippen LogP contribution in [-0.4, -0.2) is 57.2 Å². The van der Waals surface area contributed by atoms with E-state index in [1.54, 1.807) is 23.8 Å². The summed E-state index contributed by atoms with van der Waals surface area (Å²) in [5.74, 6) is 0.313. The number of carbonyl (C=O) groups is 2. The topological polar surface area (TPSA) is 59.1 Å². The molecule has 31 heavy (non-hydrogen) atoms. The Morgan fingerprint density at radius 1 is 1.16 bits per heavy atom. The van der Waals surface area contributed by atoms with Crippen molar-refractivity contribution in [2.75, 3.05) is 39.2 Å². The molecule has 6 nitrogen and oxygen atoms in total. The number of esters is 1. The number of methoxy groups -OCH3 is 1. The largest absolute Gasteiger partial charge is 0.497 e. The number of ether oxygens (including phenoxy) is 2. The van der Waals surface area contributed by atoms with Gasteiger partial charge in [0.15, 0.2) is 6.10 Å². The number of carbonyl (C=O) groups excluding carboxylic acids is 2. The lowest BCUT2D eigenvalue weighted by Crippen LogP contribution is -2.45. The van der Waals surface area contributed by atoms with Crippen LogP contribution in [0.25, 0.3) is 0 Å². The van der Waals surface area contributed by atoms with Crippen LogP contribution >= 0.6 is 11.8 Å². The maximum absolute atomic E-state index is 13.8. The molecule has 2 aromatic rings. The summed E-state index contributed by atoms with van der Waals surface area (Å²) in [4.78, 5) is 30.6. The molecule has 1 aliphatic rings. The molecule has 0 N–H and O–H groups in total. The molecule has 3 unspecified atom stereocenters. The Kier molecular flexibility index (Phi) is 7.62. The Morgan fingerprint density at radius 2 is 1.84 bits per heavy atom. The standard InChI is InChI=1S/C24H30N2O4S/c1-16(14-25(3)4)15-26-20-8-6-7-9-21(20)31-23(22(24(26)28)30-17(2)27)18-10-12-19(29-5)13-11-18/h6-13,16,22-23H,14-15H2,1-5H3. The number of amides is 1. The zero-order chi connectivity index (χ0) is 22.5. The third-order valence-electron chi connectivity index (χ3n) is 5.10. The van der Waals surface area contributed by atoms with Crippen molar-refractivity contribution < 1.29 is 19.1 Å². The van der Waals surface area contributed by atoms with E-state index in [9.17, 15) is 9.59 Å². The number of benzene rings is 2. The molecule has 0 aromatic heterocycles. The zero-order valence-corrected chi connectivity index (χ0v) is 19.5. The summed E-state index contributed by atoms with van der Waals surface area (Å²) in [7, 11) is 5.65. The highest BCUT2D eigenvalue weighted by Gasteiger charge is 2.41. The van der Waals surface area contributed by atoms with Crippen molar-refractivity contribution in [3.8, 4) is 5.75 Å². The highest BCUT2D eigenvalue weighted by atomic mass is 32.2. The van der Waals surface area contributed by atoms with Crippen LogP contribution in [0, 0.1) is 5.92 Å². The van der Waals surface area contributed by atoms with Crippen molar-refractivity contribution in [1.82, 2.24) is 4.90 Å². The molecule has 1 heterocycles. The first-order valence-corrected chi connectivity index (χ1v) is 11.2. The molecule has 0 fully saturated rings. The number of rotatable bonds is 7. The van der Waals surface area contributed by atoms with Crippen LogP contribution in [0.5, 0.6) is 5.75 Å². The van der Waals surface area contributed by atoms with Gasteiger partial charge in [-0.25, -0.2) is 0 Å². The van der Waals surface area contributed by atoms with Gasteiger partial charge in [-0.1, -0.05) is 31.2 Å². The molecule has 166 valence electrons. The molecular weight excluding hydrogens is 412 g/mol. The number of hydrogen-bond acceptors (Lipinski definition) is 6. The summed E-state index contributed by atoms with van der Waals surface area (Å²) >= 11 is 1.55. The average Bonchev–Trinajstić information content (AvgIpc) is 2.83. The molecule has 3 rings (SSSR count). The number of anilines is 1. The first kappa shape index (κ1) is 23.2. The van der Waals surface area contributed by atoms with Crippen molar-refractivity contribution in [1.29, 1.82) is 0 Å². The summed E-state index contributed by atoms with van der Waals surface area (Å²) in [5, 5.41) is -0.363. The SMILES string of the molecule is COc1ccc(C2Sc3ccccc3N(CC(C)CN(C)C)C(=O)C2OC(C)=O)cc1. The first-order valence-electron chi connectivity index (χ1n) is 10.3. The molecule has 3 atom stereocenters. The maximum atomic E-state index is 13.8. The second kappa shape index (κ2) is 10.2. The fourth-order valence-electron chi connectivity index (χ4n) is 3.89. The van der Waals surface area contributed by atoms with Gasteiger partial charge in [0.05, 0.1) is 18.0 Å². The van der Waals surface area contributed by atoms with Crippen LogP contribution in [0.3, 0.4) is 0 Å². The molecule has 0 spiro atoms. The van der Waals surface area contributed by atoms with Crippen molar-refractivity contribution in [3.63, 3.8) is 0 Å². The van der Waals surface area contributed by atoms with Crippen LogP contribution in [-0.2, 0) is 14.3 Å². The van der Waals surface area contributed by atoms with Crippen LogP contribution in [0.15, 0.2) is 53.4 Å². The molecule has 0 aliphatic carbocycles. The van der Waals surface area contributed by atoms with Crippen LogP contribution in [0.4, 0.5) is 5.69 Å². The van der Waals surface area contributed by atoms with Gasteiger partial charge in [-0.15, -0.1) is 11.8 Å². The smallest absolute Gasteiger partial charge is 0.303 e. The lowest BCUT2D eigenvalue weighted by molar-refractivity contribution is -0.152. The lowest BCUT2D eigenvalue weighted by Gasteiger charge is -2.30. The van der Waals surface area contributed by atoms with E-state index < -0.39 is 12.1 Å². The predicted molar refractivity (Wildman–Crippen MR) is 124 cm³/mol. The number of fused-ring (bicyclic) bond motifs is 1. The minimum Gasteiger partial charge on any atom is -0.497 e. The van der Waals surface area contributed by atoms with E-state index in [4.69, 9.17) is 9.47 Å². The molecule has 0 radical (unpaired) electrons. The molecule has 0 bridgehead atoms. The van der Waals surface area contributed by atoms with E-state index >= 15 is 0 Å². The van der Waals surface area contributed by atoms with Gasteiger partial charge >= 0.3 is 5.97 Å². The van der Waals surface area contributed by atoms with Gasteiger partial charge in [0.2, 0.25) is 0 Å². The summed E-state index contributed by atoms with van der Waals surface area (Å²) in [6, 6.07) is 15.4. The molecule has 0 saturated heterocycles. The quantitative estimate of drug-likeness (QED) is 0.604. The molecule has 2 aromatic carbocycles. The molecule has 1 amide bonds. The van der Waals surface area contributed by atoms with Crippen molar-refractivity contribution >= 4 is 29.3 Å². The minimum atomic E-state index is -0.921. The van der Waals surface area contributed by atoms with E-state index in [0.29, 0.717) is 6.54 Å².